The quantitative estimate of drug-likeness (QED) is 0.600. The largest absolute Gasteiger partial charge is 0.309 e. The van der Waals surface area contributed by atoms with Gasteiger partial charge in [-0.25, -0.2) is 13.1 Å². The van der Waals surface area contributed by atoms with Crippen LogP contribution in [0.25, 0.3) is 5.69 Å². The number of benzene rings is 2. The summed E-state index contributed by atoms with van der Waals surface area (Å²) in [6.45, 7) is 2.73. The van der Waals surface area contributed by atoms with E-state index in [1.54, 1.807) is 24.3 Å². The molecule has 2 aromatic carbocycles. The van der Waals surface area contributed by atoms with Crippen LogP contribution in [0.3, 0.4) is 0 Å². The first kappa shape index (κ1) is 20.8. The van der Waals surface area contributed by atoms with Gasteiger partial charge in [-0.15, -0.1) is 5.10 Å². The summed E-state index contributed by atoms with van der Waals surface area (Å²) in [6.07, 6.45) is 3.35. The zero-order valence-electron chi connectivity index (χ0n) is 17.7. The van der Waals surface area contributed by atoms with Crippen LogP contribution in [0.5, 0.6) is 0 Å². The molecule has 1 saturated heterocycles. The van der Waals surface area contributed by atoms with Gasteiger partial charge in [-0.1, -0.05) is 18.2 Å². The maximum Gasteiger partial charge on any atom is 0.243 e. The van der Waals surface area contributed by atoms with Crippen molar-refractivity contribution in [3.05, 3.63) is 60.4 Å². The van der Waals surface area contributed by atoms with Gasteiger partial charge in [0.25, 0.3) is 0 Å². The molecular formula is C22H24N6O3S. The van der Waals surface area contributed by atoms with E-state index in [1.165, 1.54) is 20.9 Å². The van der Waals surface area contributed by atoms with E-state index in [1.807, 2.05) is 23.1 Å². The summed E-state index contributed by atoms with van der Waals surface area (Å²) >= 11 is 0. The van der Waals surface area contributed by atoms with E-state index < -0.39 is 10.0 Å². The second-order valence-electron chi connectivity index (χ2n) is 8.32. The molecule has 2 aliphatic rings. The van der Waals surface area contributed by atoms with E-state index in [-0.39, 0.29) is 22.8 Å². The molecule has 0 aliphatic carbocycles. The van der Waals surface area contributed by atoms with E-state index in [0.717, 1.165) is 12.1 Å². The Kier molecular flexibility index (Phi) is 5.26. The lowest BCUT2D eigenvalue weighted by molar-refractivity contribution is -0.123. The van der Waals surface area contributed by atoms with Crippen molar-refractivity contribution in [3.8, 4) is 5.69 Å². The van der Waals surface area contributed by atoms with E-state index in [4.69, 9.17) is 0 Å². The number of carbonyl (C=O) groups excluding carboxylic acids is 1. The van der Waals surface area contributed by atoms with Crippen LogP contribution in [0.2, 0.25) is 0 Å². The number of amides is 1. The molecule has 0 spiro atoms. The van der Waals surface area contributed by atoms with Crippen molar-refractivity contribution in [2.75, 3.05) is 18.0 Å². The summed E-state index contributed by atoms with van der Waals surface area (Å²) in [5, 5.41) is 11.0. The minimum Gasteiger partial charge on any atom is -0.309 e. The van der Waals surface area contributed by atoms with Gasteiger partial charge in [-0.2, -0.15) is 4.31 Å². The number of hydrogen-bond donors (Lipinski definition) is 0. The van der Waals surface area contributed by atoms with Gasteiger partial charge in [0.15, 0.2) is 0 Å². The van der Waals surface area contributed by atoms with E-state index in [2.05, 4.69) is 28.5 Å². The highest BCUT2D eigenvalue weighted by molar-refractivity contribution is 7.89. The highest BCUT2D eigenvalue weighted by Crippen LogP contribution is 2.35. The first-order valence-electron chi connectivity index (χ1n) is 10.7. The normalized spacial score (nSPS) is 19.8. The topological polar surface area (TPSA) is 101 Å². The van der Waals surface area contributed by atoms with Crippen molar-refractivity contribution in [1.82, 2.24) is 24.5 Å². The molecule has 3 aromatic rings. The number of anilines is 1. The minimum atomic E-state index is -3.63. The fourth-order valence-electron chi connectivity index (χ4n) is 4.64. The maximum absolute atomic E-state index is 13.3. The van der Waals surface area contributed by atoms with Crippen LogP contribution in [-0.4, -0.2) is 58.0 Å². The average molecular weight is 453 g/mol. The lowest BCUT2D eigenvalue weighted by atomic mass is 9.96. The second-order valence-corrected chi connectivity index (χ2v) is 10.3. The van der Waals surface area contributed by atoms with E-state index in [0.29, 0.717) is 31.6 Å². The number of carbonyl (C=O) groups is 1. The van der Waals surface area contributed by atoms with Crippen LogP contribution < -0.4 is 4.90 Å². The van der Waals surface area contributed by atoms with Gasteiger partial charge < -0.3 is 4.90 Å². The Balaban J connectivity index is 1.27. The predicted octanol–water partition coefficient (Wildman–Crippen LogP) is 2.04. The molecule has 5 rings (SSSR count). The maximum atomic E-state index is 13.3. The minimum absolute atomic E-state index is 0.102. The van der Waals surface area contributed by atoms with Crippen molar-refractivity contribution >= 4 is 21.6 Å². The smallest absolute Gasteiger partial charge is 0.243 e. The van der Waals surface area contributed by atoms with Crippen LogP contribution in [-0.2, 0) is 21.2 Å². The summed E-state index contributed by atoms with van der Waals surface area (Å²) in [4.78, 5) is 15.4. The zero-order valence-corrected chi connectivity index (χ0v) is 18.5. The molecule has 1 atom stereocenters. The summed E-state index contributed by atoms with van der Waals surface area (Å²) < 4.78 is 29.2. The van der Waals surface area contributed by atoms with Crippen molar-refractivity contribution in [2.45, 2.75) is 37.1 Å². The number of nitrogens with zero attached hydrogens (tertiary/aromatic N) is 6. The predicted molar refractivity (Wildman–Crippen MR) is 118 cm³/mol. The number of hydrogen-bond acceptors (Lipinski definition) is 6. The second kappa shape index (κ2) is 8.10. The molecule has 3 heterocycles. The Hall–Kier alpha value is -3.11. The molecule has 0 radical (unpaired) electrons. The Labute approximate surface area is 186 Å². The molecule has 32 heavy (non-hydrogen) atoms. The van der Waals surface area contributed by atoms with Gasteiger partial charge in [0.1, 0.15) is 6.33 Å². The van der Waals surface area contributed by atoms with Crippen molar-refractivity contribution < 1.29 is 13.2 Å². The monoisotopic (exact) mass is 452 g/mol. The highest BCUT2D eigenvalue weighted by atomic mass is 32.2. The molecule has 0 unspecified atom stereocenters. The van der Waals surface area contributed by atoms with Gasteiger partial charge in [-0.3, -0.25) is 4.79 Å². The van der Waals surface area contributed by atoms with Crippen LogP contribution in [0.4, 0.5) is 5.69 Å². The molecule has 0 N–H and O–H groups in total. The van der Waals surface area contributed by atoms with Crippen molar-refractivity contribution in [1.29, 1.82) is 0 Å². The summed E-state index contributed by atoms with van der Waals surface area (Å²) in [7, 11) is -3.63. The molecule has 1 amide bonds. The first-order chi connectivity index (χ1) is 15.4. The molecule has 166 valence electrons. The van der Waals surface area contributed by atoms with Gasteiger partial charge in [0.05, 0.1) is 10.6 Å². The van der Waals surface area contributed by atoms with Crippen LogP contribution in [0.15, 0.2) is 59.8 Å². The number of rotatable bonds is 4. The Bertz CT molecular complexity index is 1220. The van der Waals surface area contributed by atoms with E-state index in [9.17, 15) is 13.2 Å². The summed E-state index contributed by atoms with van der Waals surface area (Å²) in [5.41, 5.74) is 2.86. The third-order valence-corrected chi connectivity index (χ3v) is 8.25. The fourth-order valence-corrected chi connectivity index (χ4v) is 6.11. The molecule has 1 fully saturated rings. The van der Waals surface area contributed by atoms with Crippen LogP contribution in [0, 0.1) is 5.92 Å². The van der Waals surface area contributed by atoms with Crippen molar-refractivity contribution in [3.63, 3.8) is 0 Å². The molecule has 2 aliphatic heterocycles. The molecule has 1 aromatic heterocycles. The third-order valence-electron chi connectivity index (χ3n) is 6.34. The lowest BCUT2D eigenvalue weighted by Crippen LogP contribution is -2.46. The highest BCUT2D eigenvalue weighted by Gasteiger charge is 2.38. The zero-order chi connectivity index (χ0) is 22.3. The number of fused-ring (bicyclic) bond motifs is 1. The number of piperidine rings is 1. The number of sulfonamides is 1. The molecular weight excluding hydrogens is 428 g/mol. The third kappa shape index (κ3) is 3.59. The van der Waals surface area contributed by atoms with E-state index >= 15 is 0 Å². The lowest BCUT2D eigenvalue weighted by Gasteiger charge is -2.34. The molecule has 10 heteroatoms. The van der Waals surface area contributed by atoms with Crippen LogP contribution >= 0.6 is 0 Å². The van der Waals surface area contributed by atoms with Gasteiger partial charge in [-0.05, 0) is 72.5 Å². The Morgan fingerprint density at radius 2 is 1.75 bits per heavy atom. The standard InChI is InChI=1S/C22H24N6O3S/c1-16-14-18-4-2-3-5-21(18)28(16)22(29)17-10-12-26(13-11-17)32(30,31)20-8-6-19(7-9-20)27-15-23-24-25-27/h2-9,15-17H,10-14H2,1H3/t16-/m1/s1. The molecule has 0 saturated carbocycles. The summed E-state index contributed by atoms with van der Waals surface area (Å²) in [5.74, 6) is -0.0671. The van der Waals surface area contributed by atoms with Gasteiger partial charge in [0.2, 0.25) is 15.9 Å². The number of aromatic nitrogens is 4. The number of para-hydroxylation sites is 1. The Morgan fingerprint density at radius 1 is 1.03 bits per heavy atom. The number of tetrazole rings is 1. The van der Waals surface area contributed by atoms with Crippen molar-refractivity contribution in [2.24, 2.45) is 5.92 Å². The Morgan fingerprint density at radius 3 is 2.44 bits per heavy atom. The van der Waals surface area contributed by atoms with Gasteiger partial charge >= 0.3 is 0 Å². The SMILES string of the molecule is C[C@@H]1Cc2ccccc2N1C(=O)C1CCN(S(=O)(=O)c2ccc(-n3cnnn3)cc2)CC1. The van der Waals surface area contributed by atoms with Gasteiger partial charge in [0, 0.05) is 30.7 Å². The summed E-state index contributed by atoms with van der Waals surface area (Å²) in [6, 6.07) is 14.6. The fraction of sp³-hybridized carbons (Fsp3) is 0.364. The molecule has 9 nitrogen and oxygen atoms in total. The van der Waals surface area contributed by atoms with Crippen LogP contribution in [0.1, 0.15) is 25.3 Å². The first-order valence-corrected chi connectivity index (χ1v) is 12.1. The average Bonchev–Trinajstić information content (AvgIpc) is 3.46. The molecule has 0 bridgehead atoms.